The zero-order chi connectivity index (χ0) is 26.4. The van der Waals surface area contributed by atoms with Crippen LogP contribution in [0.5, 0.6) is 11.5 Å². The summed E-state index contributed by atoms with van der Waals surface area (Å²) in [5.74, 6) is 0.00154. The van der Waals surface area contributed by atoms with Crippen molar-refractivity contribution in [3.8, 4) is 11.5 Å². The van der Waals surface area contributed by atoms with Crippen LogP contribution in [0, 0.1) is 5.92 Å². The van der Waals surface area contributed by atoms with Crippen LogP contribution in [0.15, 0.2) is 66.7 Å². The summed E-state index contributed by atoms with van der Waals surface area (Å²) in [6.07, 6.45) is 0.129. The van der Waals surface area contributed by atoms with Gasteiger partial charge >= 0.3 is 0 Å². The highest BCUT2D eigenvalue weighted by molar-refractivity contribution is 6.35. The summed E-state index contributed by atoms with van der Waals surface area (Å²) in [6.45, 7) is 0.374. The molecule has 0 spiro atoms. The van der Waals surface area contributed by atoms with Gasteiger partial charge in [-0.15, -0.1) is 0 Å². The molecule has 4 rings (SSSR count). The molecule has 192 valence electrons. The molecule has 1 saturated heterocycles. The van der Waals surface area contributed by atoms with Crippen LogP contribution in [-0.2, 0) is 20.9 Å². The van der Waals surface area contributed by atoms with Crippen LogP contribution in [0.4, 0.5) is 11.4 Å². The Morgan fingerprint density at radius 3 is 2.43 bits per heavy atom. The molecule has 0 radical (unpaired) electrons. The van der Waals surface area contributed by atoms with Gasteiger partial charge in [0, 0.05) is 46.5 Å². The first-order valence-corrected chi connectivity index (χ1v) is 12.3. The Hall–Kier alpha value is -3.75. The van der Waals surface area contributed by atoms with Gasteiger partial charge in [0.25, 0.3) is 5.91 Å². The number of benzene rings is 3. The van der Waals surface area contributed by atoms with Gasteiger partial charge in [-0.05, 0) is 48.5 Å². The van der Waals surface area contributed by atoms with E-state index in [1.807, 2.05) is 24.3 Å². The molecule has 2 N–H and O–H groups in total. The average molecular weight is 542 g/mol. The monoisotopic (exact) mass is 541 g/mol. The van der Waals surface area contributed by atoms with E-state index in [1.54, 1.807) is 54.5 Å². The molecule has 3 amide bonds. The first-order chi connectivity index (χ1) is 17.8. The SMILES string of the molecule is COc1ccccc1CNC(=O)[C@H]1CC(=O)N(c2ccc(OCC(=O)Nc3cc(Cl)cc(Cl)c3)cc2)C1. The zero-order valence-corrected chi connectivity index (χ0v) is 21.5. The number of amides is 3. The third-order valence-corrected chi connectivity index (χ3v) is 6.24. The van der Waals surface area contributed by atoms with Gasteiger partial charge in [0.1, 0.15) is 11.5 Å². The second-order valence-electron chi connectivity index (χ2n) is 8.42. The standard InChI is InChI=1S/C27H25Cl2N3O5/c1-36-24-5-3-2-4-17(24)14-30-27(35)18-10-26(34)32(15-18)22-6-8-23(9-7-22)37-16-25(33)31-21-12-19(28)11-20(29)13-21/h2-9,11-13,18H,10,14-16H2,1H3,(H,30,35)(H,31,33)/t18-/m0/s1. The first kappa shape index (κ1) is 26.3. The van der Waals surface area contributed by atoms with E-state index in [1.165, 1.54) is 0 Å². The molecule has 8 nitrogen and oxygen atoms in total. The maximum atomic E-state index is 12.7. The van der Waals surface area contributed by atoms with Crippen LogP contribution >= 0.6 is 23.2 Å². The number of ether oxygens (including phenoxy) is 2. The molecule has 1 heterocycles. The molecule has 1 atom stereocenters. The van der Waals surface area contributed by atoms with Gasteiger partial charge in [-0.2, -0.15) is 0 Å². The lowest BCUT2D eigenvalue weighted by Crippen LogP contribution is -2.32. The highest BCUT2D eigenvalue weighted by Crippen LogP contribution is 2.28. The Morgan fingerprint density at radius 1 is 1.03 bits per heavy atom. The quantitative estimate of drug-likeness (QED) is 0.409. The van der Waals surface area contributed by atoms with E-state index in [-0.39, 0.29) is 37.3 Å². The molecule has 1 aliphatic rings. The van der Waals surface area contributed by atoms with E-state index in [0.717, 1.165) is 5.56 Å². The van der Waals surface area contributed by atoms with Gasteiger partial charge in [0.05, 0.1) is 13.0 Å². The van der Waals surface area contributed by atoms with Crippen molar-refractivity contribution < 1.29 is 23.9 Å². The molecule has 0 unspecified atom stereocenters. The van der Waals surface area contributed by atoms with Crippen molar-refractivity contribution in [1.29, 1.82) is 0 Å². The molecule has 0 bridgehead atoms. The Labute approximate surface area is 224 Å². The summed E-state index contributed by atoms with van der Waals surface area (Å²) in [6, 6.07) is 19.0. The van der Waals surface area contributed by atoms with Crippen molar-refractivity contribution >= 4 is 52.3 Å². The predicted octanol–water partition coefficient (Wildman–Crippen LogP) is 4.69. The molecule has 0 aromatic heterocycles. The van der Waals surface area contributed by atoms with Gasteiger partial charge in [-0.3, -0.25) is 14.4 Å². The van der Waals surface area contributed by atoms with E-state index in [0.29, 0.717) is 39.5 Å². The number of halogens is 2. The molecule has 3 aromatic rings. The van der Waals surface area contributed by atoms with E-state index in [4.69, 9.17) is 32.7 Å². The van der Waals surface area contributed by atoms with Crippen molar-refractivity contribution in [1.82, 2.24) is 5.32 Å². The minimum absolute atomic E-state index is 0.129. The van der Waals surface area contributed by atoms with Gasteiger partial charge < -0.3 is 25.0 Å². The Balaban J connectivity index is 1.28. The van der Waals surface area contributed by atoms with Crippen molar-refractivity contribution in [2.24, 2.45) is 5.92 Å². The first-order valence-electron chi connectivity index (χ1n) is 11.5. The number of hydrogen-bond acceptors (Lipinski definition) is 5. The third kappa shape index (κ3) is 6.93. The number of anilines is 2. The van der Waals surface area contributed by atoms with Crippen molar-refractivity contribution in [3.05, 3.63) is 82.3 Å². The minimum Gasteiger partial charge on any atom is -0.496 e. The maximum absolute atomic E-state index is 12.7. The summed E-state index contributed by atoms with van der Waals surface area (Å²) in [7, 11) is 1.58. The number of methoxy groups -OCH3 is 1. The van der Waals surface area contributed by atoms with Crippen LogP contribution in [0.2, 0.25) is 10.0 Å². The van der Waals surface area contributed by atoms with Gasteiger partial charge in [0.15, 0.2) is 6.61 Å². The van der Waals surface area contributed by atoms with Gasteiger partial charge in [0.2, 0.25) is 11.8 Å². The zero-order valence-electron chi connectivity index (χ0n) is 20.0. The van der Waals surface area contributed by atoms with Crippen molar-refractivity contribution in [2.45, 2.75) is 13.0 Å². The number of rotatable bonds is 9. The highest BCUT2D eigenvalue weighted by Gasteiger charge is 2.35. The number of hydrogen-bond donors (Lipinski definition) is 2. The fourth-order valence-corrected chi connectivity index (χ4v) is 4.53. The number of nitrogens with zero attached hydrogens (tertiary/aromatic N) is 1. The summed E-state index contributed by atoms with van der Waals surface area (Å²) in [4.78, 5) is 39.1. The summed E-state index contributed by atoms with van der Waals surface area (Å²) in [5, 5.41) is 6.38. The number of para-hydroxylation sites is 1. The smallest absolute Gasteiger partial charge is 0.262 e. The van der Waals surface area contributed by atoms with E-state index < -0.39 is 5.92 Å². The van der Waals surface area contributed by atoms with Gasteiger partial charge in [-0.25, -0.2) is 0 Å². The minimum atomic E-state index is -0.457. The molecular formula is C27H25Cl2N3O5. The van der Waals surface area contributed by atoms with Crippen molar-refractivity contribution in [3.63, 3.8) is 0 Å². The molecule has 1 aliphatic heterocycles. The van der Waals surface area contributed by atoms with Crippen LogP contribution in [0.3, 0.4) is 0 Å². The van der Waals surface area contributed by atoms with Gasteiger partial charge in [-0.1, -0.05) is 41.4 Å². The van der Waals surface area contributed by atoms with Crippen LogP contribution in [0.1, 0.15) is 12.0 Å². The third-order valence-electron chi connectivity index (χ3n) is 5.81. The Morgan fingerprint density at radius 2 is 1.73 bits per heavy atom. The summed E-state index contributed by atoms with van der Waals surface area (Å²) < 4.78 is 10.9. The lowest BCUT2D eigenvalue weighted by molar-refractivity contribution is -0.126. The average Bonchev–Trinajstić information content (AvgIpc) is 3.27. The largest absolute Gasteiger partial charge is 0.496 e. The number of carbonyl (C=O) groups excluding carboxylic acids is 3. The lowest BCUT2D eigenvalue weighted by Gasteiger charge is -2.17. The summed E-state index contributed by atoms with van der Waals surface area (Å²) >= 11 is 11.9. The normalized spacial score (nSPS) is 14.8. The molecular weight excluding hydrogens is 517 g/mol. The topological polar surface area (TPSA) is 97.0 Å². The fourth-order valence-electron chi connectivity index (χ4n) is 4.00. The van der Waals surface area contributed by atoms with Crippen LogP contribution < -0.4 is 25.0 Å². The van der Waals surface area contributed by atoms with Crippen LogP contribution in [0.25, 0.3) is 0 Å². The molecule has 3 aromatic carbocycles. The number of carbonyl (C=O) groups is 3. The lowest BCUT2D eigenvalue weighted by atomic mass is 10.1. The fraction of sp³-hybridized carbons (Fsp3) is 0.222. The Kier molecular flexibility index (Phi) is 8.53. The van der Waals surface area contributed by atoms with E-state index in [2.05, 4.69) is 10.6 Å². The predicted molar refractivity (Wildman–Crippen MR) is 142 cm³/mol. The van der Waals surface area contributed by atoms with Crippen LogP contribution in [-0.4, -0.2) is 38.0 Å². The Bertz CT molecular complexity index is 1280. The second-order valence-corrected chi connectivity index (χ2v) is 9.30. The van der Waals surface area contributed by atoms with E-state index in [9.17, 15) is 14.4 Å². The second kappa shape index (κ2) is 12.0. The van der Waals surface area contributed by atoms with E-state index >= 15 is 0 Å². The molecule has 10 heteroatoms. The highest BCUT2D eigenvalue weighted by atomic mass is 35.5. The maximum Gasteiger partial charge on any atom is 0.262 e. The molecule has 1 fully saturated rings. The molecule has 0 saturated carbocycles. The summed E-state index contributed by atoms with van der Waals surface area (Å²) in [5.41, 5.74) is 1.98. The molecule has 37 heavy (non-hydrogen) atoms. The molecule has 0 aliphatic carbocycles. The van der Waals surface area contributed by atoms with Crippen molar-refractivity contribution in [2.75, 3.05) is 30.5 Å². The number of nitrogens with one attached hydrogen (secondary N) is 2.